The summed E-state index contributed by atoms with van der Waals surface area (Å²) in [7, 11) is 0. The van der Waals surface area contributed by atoms with Crippen LogP contribution < -0.4 is 0 Å². The first-order chi connectivity index (χ1) is 8.95. The van der Waals surface area contributed by atoms with Crippen LogP contribution in [0.4, 0.5) is 0 Å². The van der Waals surface area contributed by atoms with Gasteiger partial charge in [0.05, 0.1) is 0 Å². The molecular formula is C16H13NS. The zero-order chi connectivity index (χ0) is 12.2. The fourth-order valence-electron chi connectivity index (χ4n) is 2.18. The van der Waals surface area contributed by atoms with Crippen LogP contribution in [-0.2, 0) is 0 Å². The van der Waals surface area contributed by atoms with Gasteiger partial charge in [-0.05, 0) is 34.7 Å². The molecule has 1 atom stereocenters. The van der Waals surface area contributed by atoms with Gasteiger partial charge < -0.3 is 0 Å². The quantitative estimate of drug-likeness (QED) is 0.675. The monoisotopic (exact) mass is 251 g/mol. The van der Waals surface area contributed by atoms with Gasteiger partial charge in [0.2, 0.25) is 0 Å². The molecule has 1 aromatic carbocycles. The summed E-state index contributed by atoms with van der Waals surface area (Å²) in [4.78, 5) is 5.47. The molecule has 3 rings (SSSR count). The van der Waals surface area contributed by atoms with Crippen molar-refractivity contribution in [3.8, 4) is 0 Å². The lowest BCUT2D eigenvalue weighted by atomic mass is 9.91. The molecular weight excluding hydrogens is 238 g/mol. The van der Waals surface area contributed by atoms with Crippen LogP contribution in [-0.4, -0.2) is 4.98 Å². The lowest BCUT2D eigenvalue weighted by Gasteiger charge is -2.16. The SMILES string of the molecule is c1ccc(C(c2ccncc2)c2cccs2)cc1. The molecule has 0 fully saturated rings. The standard InChI is InChI=1S/C16H13NS/c1-2-5-13(6-3-1)16(15-7-4-12-18-15)14-8-10-17-11-9-14/h1-12,16H. The summed E-state index contributed by atoms with van der Waals surface area (Å²) in [6.45, 7) is 0. The van der Waals surface area contributed by atoms with Crippen molar-refractivity contribution < 1.29 is 0 Å². The van der Waals surface area contributed by atoms with E-state index in [1.165, 1.54) is 16.0 Å². The Labute approximate surface area is 111 Å². The van der Waals surface area contributed by atoms with E-state index < -0.39 is 0 Å². The summed E-state index contributed by atoms with van der Waals surface area (Å²) in [6.07, 6.45) is 3.72. The van der Waals surface area contributed by atoms with E-state index in [9.17, 15) is 0 Å². The van der Waals surface area contributed by atoms with E-state index in [0.717, 1.165) is 0 Å². The van der Waals surface area contributed by atoms with Crippen molar-refractivity contribution in [2.24, 2.45) is 0 Å². The van der Waals surface area contributed by atoms with Crippen molar-refractivity contribution in [1.29, 1.82) is 0 Å². The maximum Gasteiger partial charge on any atom is 0.0435 e. The minimum atomic E-state index is 0.314. The summed E-state index contributed by atoms with van der Waals surface area (Å²) in [5, 5.41) is 2.13. The van der Waals surface area contributed by atoms with Crippen LogP contribution >= 0.6 is 11.3 Å². The number of hydrogen-bond acceptors (Lipinski definition) is 2. The van der Waals surface area contributed by atoms with Gasteiger partial charge in [0.1, 0.15) is 0 Å². The van der Waals surface area contributed by atoms with Crippen molar-refractivity contribution >= 4 is 11.3 Å². The van der Waals surface area contributed by atoms with E-state index >= 15 is 0 Å². The van der Waals surface area contributed by atoms with Crippen LogP contribution in [0, 0.1) is 0 Å². The second-order valence-electron chi connectivity index (χ2n) is 4.14. The Kier molecular flexibility index (Phi) is 3.20. The lowest BCUT2D eigenvalue weighted by molar-refractivity contribution is 0.997. The Morgan fingerprint density at radius 3 is 2.17 bits per heavy atom. The van der Waals surface area contributed by atoms with Gasteiger partial charge in [0.25, 0.3) is 0 Å². The van der Waals surface area contributed by atoms with E-state index in [2.05, 4.69) is 65.0 Å². The van der Waals surface area contributed by atoms with Gasteiger partial charge in [-0.1, -0.05) is 36.4 Å². The highest BCUT2D eigenvalue weighted by atomic mass is 32.1. The molecule has 2 heteroatoms. The summed E-state index contributed by atoms with van der Waals surface area (Å²) in [5.74, 6) is 0.314. The molecule has 0 aliphatic carbocycles. The molecule has 1 unspecified atom stereocenters. The molecule has 0 aliphatic heterocycles. The van der Waals surface area contributed by atoms with E-state index in [1.54, 1.807) is 11.3 Å². The van der Waals surface area contributed by atoms with Gasteiger partial charge in [0.15, 0.2) is 0 Å². The normalized spacial score (nSPS) is 12.2. The fourth-order valence-corrected chi connectivity index (χ4v) is 3.06. The number of rotatable bonds is 3. The van der Waals surface area contributed by atoms with E-state index in [0.29, 0.717) is 5.92 Å². The third kappa shape index (κ3) is 2.20. The zero-order valence-electron chi connectivity index (χ0n) is 9.86. The number of aromatic nitrogens is 1. The first-order valence-corrected chi connectivity index (χ1v) is 6.81. The first kappa shape index (κ1) is 11.2. The minimum absolute atomic E-state index is 0.314. The number of benzene rings is 1. The second kappa shape index (κ2) is 5.15. The third-order valence-corrected chi connectivity index (χ3v) is 3.94. The molecule has 3 aromatic rings. The van der Waals surface area contributed by atoms with Crippen LogP contribution in [0.2, 0.25) is 0 Å². The van der Waals surface area contributed by atoms with E-state index in [4.69, 9.17) is 0 Å². The zero-order valence-corrected chi connectivity index (χ0v) is 10.7. The highest BCUT2D eigenvalue weighted by Crippen LogP contribution is 2.33. The van der Waals surface area contributed by atoms with E-state index in [1.807, 2.05) is 12.4 Å². The summed E-state index contributed by atoms with van der Waals surface area (Å²) < 4.78 is 0. The Bertz CT molecular complexity index is 548. The molecule has 88 valence electrons. The van der Waals surface area contributed by atoms with Gasteiger partial charge in [-0.3, -0.25) is 4.98 Å². The van der Waals surface area contributed by atoms with Gasteiger partial charge in [-0.2, -0.15) is 0 Å². The van der Waals surface area contributed by atoms with Crippen molar-refractivity contribution in [3.63, 3.8) is 0 Å². The molecule has 0 N–H and O–H groups in total. The summed E-state index contributed by atoms with van der Waals surface area (Å²) >= 11 is 1.80. The van der Waals surface area contributed by atoms with Crippen molar-refractivity contribution in [1.82, 2.24) is 4.98 Å². The van der Waals surface area contributed by atoms with Crippen LogP contribution in [0.3, 0.4) is 0 Å². The predicted octanol–water partition coefficient (Wildman–Crippen LogP) is 4.32. The smallest absolute Gasteiger partial charge is 0.0435 e. The maximum absolute atomic E-state index is 4.11. The number of pyridine rings is 1. The van der Waals surface area contributed by atoms with Gasteiger partial charge >= 0.3 is 0 Å². The highest BCUT2D eigenvalue weighted by molar-refractivity contribution is 7.10. The topological polar surface area (TPSA) is 12.9 Å². The molecule has 0 bridgehead atoms. The van der Waals surface area contributed by atoms with Crippen molar-refractivity contribution in [3.05, 3.63) is 88.4 Å². The average Bonchev–Trinajstić information content (AvgIpc) is 2.95. The Balaban J connectivity index is 2.11. The Hall–Kier alpha value is -1.93. The minimum Gasteiger partial charge on any atom is -0.265 e. The van der Waals surface area contributed by atoms with Crippen molar-refractivity contribution in [2.45, 2.75) is 5.92 Å². The number of hydrogen-bond donors (Lipinski definition) is 0. The third-order valence-electron chi connectivity index (χ3n) is 3.00. The number of nitrogens with zero attached hydrogens (tertiary/aromatic N) is 1. The molecule has 18 heavy (non-hydrogen) atoms. The molecule has 2 heterocycles. The van der Waals surface area contributed by atoms with Gasteiger partial charge in [-0.15, -0.1) is 11.3 Å². The van der Waals surface area contributed by atoms with Crippen LogP contribution in [0.15, 0.2) is 72.4 Å². The second-order valence-corrected chi connectivity index (χ2v) is 5.12. The summed E-state index contributed by atoms with van der Waals surface area (Å²) in [6, 6.07) is 19.1. The molecule has 0 saturated heterocycles. The molecule has 0 saturated carbocycles. The molecule has 1 nitrogen and oxygen atoms in total. The first-order valence-electron chi connectivity index (χ1n) is 5.93. The number of thiophene rings is 1. The van der Waals surface area contributed by atoms with Gasteiger partial charge in [0, 0.05) is 23.2 Å². The van der Waals surface area contributed by atoms with Crippen molar-refractivity contribution in [2.75, 3.05) is 0 Å². The Morgan fingerprint density at radius 1 is 0.778 bits per heavy atom. The lowest BCUT2D eigenvalue weighted by Crippen LogP contribution is -2.01. The van der Waals surface area contributed by atoms with Crippen LogP contribution in [0.1, 0.15) is 21.9 Å². The summed E-state index contributed by atoms with van der Waals surface area (Å²) in [5.41, 5.74) is 2.62. The molecule has 0 amide bonds. The van der Waals surface area contributed by atoms with E-state index in [-0.39, 0.29) is 0 Å². The fraction of sp³-hybridized carbons (Fsp3) is 0.0625. The van der Waals surface area contributed by atoms with Crippen LogP contribution in [0.25, 0.3) is 0 Å². The highest BCUT2D eigenvalue weighted by Gasteiger charge is 2.16. The van der Waals surface area contributed by atoms with Gasteiger partial charge in [-0.25, -0.2) is 0 Å². The Morgan fingerprint density at radius 2 is 1.50 bits per heavy atom. The molecule has 2 aromatic heterocycles. The molecule has 0 radical (unpaired) electrons. The average molecular weight is 251 g/mol. The predicted molar refractivity (Wildman–Crippen MR) is 75.9 cm³/mol. The molecule has 0 spiro atoms. The van der Waals surface area contributed by atoms with Crippen LogP contribution in [0.5, 0.6) is 0 Å². The maximum atomic E-state index is 4.11. The molecule has 0 aliphatic rings. The largest absolute Gasteiger partial charge is 0.265 e.